The second kappa shape index (κ2) is 7.21. The number of hydrogen-bond acceptors (Lipinski definition) is 4. The fraction of sp³-hybridized carbons (Fsp3) is 0.200. The summed E-state index contributed by atoms with van der Waals surface area (Å²) in [5.41, 5.74) is 2.57. The van der Waals surface area contributed by atoms with Gasteiger partial charge in [0.15, 0.2) is 6.04 Å². The summed E-state index contributed by atoms with van der Waals surface area (Å²) >= 11 is 0. The molecule has 0 fully saturated rings. The number of H-pyrrole nitrogens is 1. The highest BCUT2D eigenvalue weighted by molar-refractivity contribution is 5.88. The third-order valence-corrected chi connectivity index (χ3v) is 4.34. The number of aromatic hydroxyl groups is 1. The van der Waals surface area contributed by atoms with Crippen LogP contribution < -0.4 is 0 Å². The maximum atomic E-state index is 12.3. The smallest absolute Gasteiger partial charge is 0.331 e. The second-order valence-corrected chi connectivity index (χ2v) is 5.88. The lowest BCUT2D eigenvalue weighted by Crippen LogP contribution is -2.26. The van der Waals surface area contributed by atoms with Crippen LogP contribution in [0.3, 0.4) is 0 Å². The Balaban J connectivity index is 1.95. The number of hydrogen-bond donors (Lipinski definition) is 2. The van der Waals surface area contributed by atoms with E-state index in [2.05, 4.69) is 9.98 Å². The van der Waals surface area contributed by atoms with Gasteiger partial charge in [-0.05, 0) is 23.8 Å². The number of nitrogens with zero attached hydrogens (tertiary/aromatic N) is 1. The normalized spacial score (nSPS) is 13.8. The monoisotopic (exact) mass is 336 g/mol. The summed E-state index contributed by atoms with van der Waals surface area (Å²) in [4.78, 5) is 19.9. The third kappa shape index (κ3) is 3.40. The molecule has 0 saturated carbocycles. The number of aliphatic imine (C=N–C) groups is 1. The molecule has 2 N–H and O–H groups in total. The number of carbonyl (C=O) groups excluding carboxylic acids is 1. The molecular formula is C20H20N2O3. The number of benzene rings is 2. The summed E-state index contributed by atoms with van der Waals surface area (Å²) < 4.78 is 4.94. The van der Waals surface area contributed by atoms with Gasteiger partial charge in [0.25, 0.3) is 0 Å². The molecule has 0 aliphatic carbocycles. The second-order valence-electron chi connectivity index (χ2n) is 5.88. The van der Waals surface area contributed by atoms with Gasteiger partial charge in [0.2, 0.25) is 0 Å². The minimum absolute atomic E-state index is 0.120. The van der Waals surface area contributed by atoms with E-state index >= 15 is 0 Å². The molecule has 2 aromatic carbocycles. The molecule has 0 aliphatic heterocycles. The van der Waals surface area contributed by atoms with Crippen LogP contribution in [0.2, 0.25) is 0 Å². The van der Waals surface area contributed by atoms with Gasteiger partial charge in [-0.2, -0.15) is 0 Å². The van der Waals surface area contributed by atoms with E-state index < -0.39 is 12.0 Å². The highest BCUT2D eigenvalue weighted by Gasteiger charge is 2.28. The number of rotatable bonds is 5. The number of nitrogens with one attached hydrogen (secondary N) is 1. The summed E-state index contributed by atoms with van der Waals surface area (Å²) in [7, 11) is 1.35. The largest absolute Gasteiger partial charge is 0.507 e. The van der Waals surface area contributed by atoms with Crippen molar-refractivity contribution in [2.45, 2.75) is 18.9 Å². The Morgan fingerprint density at radius 2 is 1.92 bits per heavy atom. The van der Waals surface area contributed by atoms with Crippen molar-refractivity contribution < 1.29 is 14.6 Å². The molecule has 3 aromatic rings. The lowest BCUT2D eigenvalue weighted by atomic mass is 9.93. The van der Waals surface area contributed by atoms with Gasteiger partial charge in [-0.3, -0.25) is 4.99 Å². The average Bonchev–Trinajstić information content (AvgIpc) is 3.07. The summed E-state index contributed by atoms with van der Waals surface area (Å²) in [6, 6.07) is 14.1. The van der Waals surface area contributed by atoms with E-state index in [0.717, 1.165) is 16.5 Å². The van der Waals surface area contributed by atoms with Gasteiger partial charge in [0, 0.05) is 34.8 Å². The Kier molecular flexibility index (Phi) is 4.84. The van der Waals surface area contributed by atoms with Gasteiger partial charge in [-0.25, -0.2) is 4.79 Å². The number of aromatic amines is 1. The molecule has 0 saturated heterocycles. The van der Waals surface area contributed by atoms with Crippen molar-refractivity contribution in [3.63, 3.8) is 0 Å². The van der Waals surface area contributed by atoms with Crippen LogP contribution >= 0.6 is 0 Å². The lowest BCUT2D eigenvalue weighted by molar-refractivity contribution is -0.142. The molecule has 5 nitrogen and oxygen atoms in total. The van der Waals surface area contributed by atoms with Crippen LogP contribution in [0.25, 0.3) is 10.9 Å². The fourth-order valence-corrected chi connectivity index (χ4v) is 2.91. The summed E-state index contributed by atoms with van der Waals surface area (Å²) in [6.45, 7) is 1.94. The Morgan fingerprint density at radius 3 is 2.68 bits per heavy atom. The molecule has 0 radical (unpaired) electrons. The molecule has 25 heavy (non-hydrogen) atoms. The predicted molar refractivity (Wildman–Crippen MR) is 98.2 cm³/mol. The molecule has 0 amide bonds. The van der Waals surface area contributed by atoms with Gasteiger partial charge in [0.05, 0.1) is 7.11 Å². The minimum atomic E-state index is -0.705. The Morgan fingerprint density at radius 1 is 1.20 bits per heavy atom. The number of phenols is 1. The zero-order valence-electron chi connectivity index (χ0n) is 14.1. The van der Waals surface area contributed by atoms with Crippen molar-refractivity contribution in [3.05, 3.63) is 65.9 Å². The van der Waals surface area contributed by atoms with Crippen LogP contribution in [-0.4, -0.2) is 35.4 Å². The molecule has 0 spiro atoms. The zero-order chi connectivity index (χ0) is 17.8. The highest BCUT2D eigenvalue weighted by Crippen LogP contribution is 2.29. The lowest BCUT2D eigenvalue weighted by Gasteiger charge is -2.18. The van der Waals surface area contributed by atoms with Crippen molar-refractivity contribution in [2.75, 3.05) is 7.11 Å². The van der Waals surface area contributed by atoms with Crippen LogP contribution in [0.5, 0.6) is 5.75 Å². The summed E-state index contributed by atoms with van der Waals surface area (Å²) in [5, 5.41) is 10.9. The number of phenolic OH excluding ortho intramolecular Hbond substituents is 1. The first-order valence-corrected chi connectivity index (χ1v) is 8.07. The molecule has 2 atom stereocenters. The topological polar surface area (TPSA) is 74.7 Å². The van der Waals surface area contributed by atoms with E-state index in [-0.39, 0.29) is 11.7 Å². The Bertz CT molecular complexity index is 914. The van der Waals surface area contributed by atoms with Gasteiger partial charge in [-0.1, -0.05) is 37.3 Å². The standard InChI is InChI=1S/C20H20N2O3/c1-13(16-12-21-17-9-5-4-8-15(16)17)19(20(24)25-2)22-11-14-7-3-6-10-18(14)23/h3-13,19,21,23H,1-2H3/t13-,19+/m1/s1. The molecule has 128 valence electrons. The van der Waals surface area contributed by atoms with Crippen molar-refractivity contribution in [2.24, 2.45) is 4.99 Å². The maximum absolute atomic E-state index is 12.3. The van der Waals surface area contributed by atoms with Crippen LogP contribution in [-0.2, 0) is 9.53 Å². The van der Waals surface area contributed by atoms with Gasteiger partial charge < -0.3 is 14.8 Å². The first-order chi connectivity index (χ1) is 12.1. The van der Waals surface area contributed by atoms with Gasteiger partial charge >= 0.3 is 5.97 Å². The highest BCUT2D eigenvalue weighted by atomic mass is 16.5. The van der Waals surface area contributed by atoms with Gasteiger partial charge in [0.1, 0.15) is 5.75 Å². The Labute approximate surface area is 146 Å². The van der Waals surface area contributed by atoms with E-state index in [1.807, 2.05) is 37.4 Å². The number of aromatic nitrogens is 1. The van der Waals surface area contributed by atoms with Crippen molar-refractivity contribution in [1.29, 1.82) is 0 Å². The number of esters is 1. The van der Waals surface area contributed by atoms with E-state index in [4.69, 9.17) is 4.74 Å². The molecule has 1 aromatic heterocycles. The number of carbonyl (C=O) groups is 1. The molecule has 1 heterocycles. The Hall–Kier alpha value is -3.08. The third-order valence-electron chi connectivity index (χ3n) is 4.34. The summed E-state index contributed by atoms with van der Waals surface area (Å²) in [6.07, 6.45) is 3.42. The number of fused-ring (bicyclic) bond motifs is 1. The van der Waals surface area contributed by atoms with Crippen molar-refractivity contribution >= 4 is 23.1 Å². The number of ether oxygens (including phenoxy) is 1. The van der Waals surface area contributed by atoms with E-state index in [1.165, 1.54) is 13.3 Å². The molecule has 0 aliphatic rings. The summed E-state index contributed by atoms with van der Waals surface area (Å²) in [5.74, 6) is -0.482. The molecule has 0 bridgehead atoms. The predicted octanol–water partition coefficient (Wildman–Crippen LogP) is 3.64. The van der Waals surface area contributed by atoms with Crippen LogP contribution in [0.15, 0.2) is 59.7 Å². The minimum Gasteiger partial charge on any atom is -0.507 e. The van der Waals surface area contributed by atoms with Crippen LogP contribution in [0, 0.1) is 0 Å². The first kappa shape index (κ1) is 16.8. The first-order valence-electron chi connectivity index (χ1n) is 8.07. The SMILES string of the molecule is COC(=O)[C@@H](N=Cc1ccccc1O)[C@H](C)c1c[nH]c2ccccc12. The maximum Gasteiger partial charge on any atom is 0.331 e. The van der Waals surface area contributed by atoms with Gasteiger partial charge in [-0.15, -0.1) is 0 Å². The van der Waals surface area contributed by atoms with Crippen molar-refractivity contribution in [3.8, 4) is 5.75 Å². The average molecular weight is 336 g/mol. The van der Waals surface area contributed by atoms with Crippen LogP contribution in [0.1, 0.15) is 24.0 Å². The van der Waals surface area contributed by atoms with Crippen molar-refractivity contribution in [1.82, 2.24) is 4.98 Å². The zero-order valence-corrected chi connectivity index (χ0v) is 14.1. The number of para-hydroxylation sites is 2. The quantitative estimate of drug-likeness (QED) is 0.552. The molecule has 0 unspecified atom stereocenters. The van der Waals surface area contributed by atoms with E-state index in [0.29, 0.717) is 5.56 Å². The molecular weight excluding hydrogens is 316 g/mol. The van der Waals surface area contributed by atoms with E-state index in [9.17, 15) is 9.90 Å². The number of methoxy groups -OCH3 is 1. The van der Waals surface area contributed by atoms with Crippen LogP contribution in [0.4, 0.5) is 0 Å². The fourth-order valence-electron chi connectivity index (χ4n) is 2.91. The molecule has 5 heteroatoms. The molecule has 3 rings (SSSR count). The van der Waals surface area contributed by atoms with E-state index in [1.54, 1.807) is 24.3 Å².